The van der Waals surface area contributed by atoms with Crippen LogP contribution in [0.1, 0.15) is 23.8 Å². The lowest BCUT2D eigenvalue weighted by atomic mass is 10.0. The van der Waals surface area contributed by atoms with Crippen molar-refractivity contribution in [3.63, 3.8) is 0 Å². The van der Waals surface area contributed by atoms with Gasteiger partial charge < -0.3 is 9.84 Å². The highest BCUT2D eigenvalue weighted by atomic mass is 16.5. The van der Waals surface area contributed by atoms with Gasteiger partial charge in [0.25, 0.3) is 0 Å². The monoisotopic (exact) mass is 243 g/mol. The van der Waals surface area contributed by atoms with Crippen molar-refractivity contribution in [1.82, 2.24) is 4.98 Å². The maximum Gasteiger partial charge on any atom is 0.119 e. The van der Waals surface area contributed by atoms with Crippen LogP contribution in [-0.2, 0) is 6.42 Å². The molecule has 1 atom stereocenters. The summed E-state index contributed by atoms with van der Waals surface area (Å²) in [6, 6.07) is 13.3. The van der Waals surface area contributed by atoms with Gasteiger partial charge in [-0.2, -0.15) is 0 Å². The molecule has 3 heteroatoms. The second-order valence-electron chi connectivity index (χ2n) is 4.15. The van der Waals surface area contributed by atoms with Crippen molar-refractivity contribution in [2.75, 3.05) is 7.11 Å². The Balaban J connectivity index is 1.97. The Hall–Kier alpha value is -1.87. The van der Waals surface area contributed by atoms with Gasteiger partial charge in [0.1, 0.15) is 5.75 Å². The van der Waals surface area contributed by atoms with E-state index in [1.54, 1.807) is 13.3 Å². The number of aryl methyl sites for hydroxylation is 1. The highest BCUT2D eigenvalue weighted by Gasteiger charge is 2.08. The first-order chi connectivity index (χ1) is 8.79. The number of pyridine rings is 1. The van der Waals surface area contributed by atoms with Gasteiger partial charge in [-0.05, 0) is 42.7 Å². The summed E-state index contributed by atoms with van der Waals surface area (Å²) in [5.41, 5.74) is 1.88. The van der Waals surface area contributed by atoms with E-state index in [-0.39, 0.29) is 0 Å². The molecule has 0 saturated heterocycles. The van der Waals surface area contributed by atoms with E-state index in [1.165, 1.54) is 0 Å². The van der Waals surface area contributed by atoms with Gasteiger partial charge in [-0.15, -0.1) is 0 Å². The zero-order chi connectivity index (χ0) is 12.8. The molecule has 1 heterocycles. The average Bonchev–Trinajstić information content (AvgIpc) is 2.46. The van der Waals surface area contributed by atoms with E-state index in [0.717, 1.165) is 23.4 Å². The zero-order valence-electron chi connectivity index (χ0n) is 10.4. The van der Waals surface area contributed by atoms with Gasteiger partial charge in [0, 0.05) is 11.9 Å². The average molecular weight is 243 g/mol. The fourth-order valence-electron chi connectivity index (χ4n) is 1.85. The SMILES string of the molecule is COc1cccc([C@H](O)CCc2ccccn2)c1. The number of nitrogens with zero attached hydrogens (tertiary/aromatic N) is 1. The second-order valence-corrected chi connectivity index (χ2v) is 4.15. The number of methoxy groups -OCH3 is 1. The summed E-state index contributed by atoms with van der Waals surface area (Å²) in [7, 11) is 1.62. The fourth-order valence-corrected chi connectivity index (χ4v) is 1.85. The lowest BCUT2D eigenvalue weighted by molar-refractivity contribution is 0.167. The Kier molecular flexibility index (Phi) is 4.31. The van der Waals surface area contributed by atoms with Crippen LogP contribution < -0.4 is 4.74 Å². The van der Waals surface area contributed by atoms with Crippen molar-refractivity contribution < 1.29 is 9.84 Å². The van der Waals surface area contributed by atoms with Gasteiger partial charge in [0.05, 0.1) is 13.2 Å². The van der Waals surface area contributed by atoms with E-state index in [9.17, 15) is 5.11 Å². The van der Waals surface area contributed by atoms with Crippen LogP contribution in [0.3, 0.4) is 0 Å². The van der Waals surface area contributed by atoms with Crippen LogP contribution in [0.15, 0.2) is 48.7 Å². The molecule has 0 aliphatic carbocycles. The predicted octanol–water partition coefficient (Wildman–Crippen LogP) is 2.76. The molecule has 3 nitrogen and oxygen atoms in total. The number of aromatic nitrogens is 1. The number of ether oxygens (including phenoxy) is 1. The molecule has 1 aromatic heterocycles. The van der Waals surface area contributed by atoms with Gasteiger partial charge >= 0.3 is 0 Å². The summed E-state index contributed by atoms with van der Waals surface area (Å²) >= 11 is 0. The van der Waals surface area contributed by atoms with Crippen LogP contribution in [0, 0.1) is 0 Å². The first kappa shape index (κ1) is 12.6. The molecule has 94 valence electrons. The Labute approximate surface area is 107 Å². The van der Waals surface area contributed by atoms with Crippen LogP contribution in [0.2, 0.25) is 0 Å². The first-order valence-corrected chi connectivity index (χ1v) is 6.01. The molecule has 1 N–H and O–H groups in total. The standard InChI is InChI=1S/C15H17NO2/c1-18-14-7-4-5-12(11-14)15(17)9-8-13-6-2-3-10-16-13/h2-7,10-11,15,17H,8-9H2,1H3/t15-/m1/s1. The Morgan fingerprint density at radius 2 is 2.11 bits per heavy atom. The van der Waals surface area contributed by atoms with Gasteiger partial charge in [-0.25, -0.2) is 0 Å². The smallest absolute Gasteiger partial charge is 0.119 e. The van der Waals surface area contributed by atoms with Crippen molar-refractivity contribution >= 4 is 0 Å². The fraction of sp³-hybridized carbons (Fsp3) is 0.267. The molecule has 0 amide bonds. The highest BCUT2D eigenvalue weighted by Crippen LogP contribution is 2.22. The minimum atomic E-state index is -0.484. The maximum atomic E-state index is 10.1. The third-order valence-corrected chi connectivity index (χ3v) is 2.88. The molecule has 0 aliphatic heterocycles. The largest absolute Gasteiger partial charge is 0.497 e. The van der Waals surface area contributed by atoms with Crippen molar-refractivity contribution in [2.45, 2.75) is 18.9 Å². The van der Waals surface area contributed by atoms with Gasteiger partial charge in [-0.1, -0.05) is 18.2 Å². The van der Waals surface area contributed by atoms with Crippen LogP contribution in [0.4, 0.5) is 0 Å². The van der Waals surface area contributed by atoms with Gasteiger partial charge in [-0.3, -0.25) is 4.98 Å². The third-order valence-electron chi connectivity index (χ3n) is 2.88. The number of benzene rings is 1. The summed E-state index contributed by atoms with van der Waals surface area (Å²) in [4.78, 5) is 4.24. The molecule has 0 radical (unpaired) electrons. The molecule has 0 aliphatic rings. The topological polar surface area (TPSA) is 42.4 Å². The van der Waals surface area contributed by atoms with E-state index in [0.29, 0.717) is 6.42 Å². The third kappa shape index (κ3) is 3.31. The van der Waals surface area contributed by atoms with E-state index in [4.69, 9.17) is 4.74 Å². The summed E-state index contributed by atoms with van der Waals surface area (Å²) < 4.78 is 5.14. The normalized spacial score (nSPS) is 12.1. The Bertz CT molecular complexity index is 485. The Morgan fingerprint density at radius 1 is 1.22 bits per heavy atom. The molecule has 2 aromatic rings. The Morgan fingerprint density at radius 3 is 2.83 bits per heavy atom. The molecule has 0 spiro atoms. The molecule has 0 bridgehead atoms. The summed E-state index contributed by atoms with van der Waals surface area (Å²) in [6.07, 6.45) is 2.71. The first-order valence-electron chi connectivity index (χ1n) is 6.01. The minimum Gasteiger partial charge on any atom is -0.497 e. The van der Waals surface area contributed by atoms with Crippen molar-refractivity contribution in [1.29, 1.82) is 0 Å². The summed E-state index contributed by atoms with van der Waals surface area (Å²) in [5, 5.41) is 10.1. The maximum absolute atomic E-state index is 10.1. The van der Waals surface area contributed by atoms with Crippen LogP contribution in [-0.4, -0.2) is 17.2 Å². The molecular weight excluding hydrogens is 226 g/mol. The van der Waals surface area contributed by atoms with Crippen LogP contribution >= 0.6 is 0 Å². The lowest BCUT2D eigenvalue weighted by Gasteiger charge is -2.11. The number of rotatable bonds is 5. The predicted molar refractivity (Wildman–Crippen MR) is 70.5 cm³/mol. The molecule has 0 saturated carbocycles. The molecular formula is C15H17NO2. The van der Waals surface area contributed by atoms with Crippen molar-refractivity contribution in [3.05, 3.63) is 59.9 Å². The number of hydrogen-bond acceptors (Lipinski definition) is 3. The van der Waals surface area contributed by atoms with E-state index in [1.807, 2.05) is 42.5 Å². The molecule has 0 fully saturated rings. The number of aliphatic hydroxyl groups is 1. The van der Waals surface area contributed by atoms with Crippen molar-refractivity contribution in [2.24, 2.45) is 0 Å². The van der Waals surface area contributed by atoms with E-state index >= 15 is 0 Å². The van der Waals surface area contributed by atoms with E-state index in [2.05, 4.69) is 4.98 Å². The van der Waals surface area contributed by atoms with Crippen molar-refractivity contribution in [3.8, 4) is 5.75 Å². The highest BCUT2D eigenvalue weighted by molar-refractivity contribution is 5.29. The zero-order valence-corrected chi connectivity index (χ0v) is 10.4. The van der Waals surface area contributed by atoms with Crippen LogP contribution in [0.25, 0.3) is 0 Å². The summed E-state index contributed by atoms with van der Waals surface area (Å²) in [6.45, 7) is 0. The van der Waals surface area contributed by atoms with E-state index < -0.39 is 6.10 Å². The van der Waals surface area contributed by atoms with Gasteiger partial charge in [0.15, 0.2) is 0 Å². The quantitative estimate of drug-likeness (QED) is 0.878. The summed E-state index contributed by atoms with van der Waals surface area (Å²) in [5.74, 6) is 0.768. The number of hydrogen-bond donors (Lipinski definition) is 1. The van der Waals surface area contributed by atoms with Gasteiger partial charge in [0.2, 0.25) is 0 Å². The van der Waals surface area contributed by atoms with Crippen LogP contribution in [0.5, 0.6) is 5.75 Å². The second kappa shape index (κ2) is 6.17. The molecule has 18 heavy (non-hydrogen) atoms. The molecule has 1 aromatic carbocycles. The minimum absolute atomic E-state index is 0.484. The molecule has 0 unspecified atom stereocenters. The molecule has 2 rings (SSSR count). The lowest BCUT2D eigenvalue weighted by Crippen LogP contribution is -2.01. The number of aliphatic hydroxyl groups excluding tert-OH is 1.